The average molecular weight is 283 g/mol. The molecule has 0 saturated heterocycles. The summed E-state index contributed by atoms with van der Waals surface area (Å²) in [6.45, 7) is 5.72. The molecule has 0 aliphatic rings. The second-order valence-electron chi connectivity index (χ2n) is 4.95. The largest absolute Gasteiger partial charge is 0.385 e. The van der Waals surface area contributed by atoms with Crippen LogP contribution in [-0.4, -0.2) is 50.3 Å². The molecule has 0 fully saturated rings. The molecule has 5 heteroatoms. The van der Waals surface area contributed by atoms with Gasteiger partial charge in [0.2, 0.25) is 0 Å². The van der Waals surface area contributed by atoms with Crippen molar-refractivity contribution in [3.05, 3.63) is 29.8 Å². The molecule has 4 nitrogen and oxygen atoms in total. The van der Waals surface area contributed by atoms with Crippen molar-refractivity contribution in [2.75, 3.05) is 40.4 Å². The van der Waals surface area contributed by atoms with Crippen LogP contribution in [0.3, 0.4) is 0 Å². The summed E-state index contributed by atoms with van der Waals surface area (Å²) in [6.07, 6.45) is 3.27. The second kappa shape index (κ2) is 9.80. The number of nitrogens with zero attached hydrogens (tertiary/aromatic N) is 2. The zero-order chi connectivity index (χ0) is 14.8. The summed E-state index contributed by atoms with van der Waals surface area (Å²) in [7, 11) is 3.83. The Morgan fingerprint density at radius 2 is 2.20 bits per heavy atom. The fourth-order valence-electron chi connectivity index (χ4n) is 2.13. The van der Waals surface area contributed by atoms with Crippen LogP contribution in [0.2, 0.25) is 0 Å². The Labute approximate surface area is 121 Å². The lowest BCUT2D eigenvalue weighted by molar-refractivity contribution is 0.178. The quantitative estimate of drug-likeness (QED) is 0.668. The van der Waals surface area contributed by atoms with E-state index in [0.717, 1.165) is 44.8 Å². The Bertz CT molecular complexity index is 359. The first kappa shape index (κ1) is 17.0. The highest BCUT2D eigenvalue weighted by atomic mass is 19.1. The van der Waals surface area contributed by atoms with Crippen LogP contribution in [0, 0.1) is 5.82 Å². The minimum Gasteiger partial charge on any atom is -0.385 e. The van der Waals surface area contributed by atoms with Gasteiger partial charge in [0.25, 0.3) is 0 Å². The van der Waals surface area contributed by atoms with Crippen molar-refractivity contribution in [1.82, 2.24) is 15.2 Å². The average Bonchev–Trinajstić information content (AvgIpc) is 2.45. The number of hydrogen-bond donors (Lipinski definition) is 1. The summed E-state index contributed by atoms with van der Waals surface area (Å²) in [4.78, 5) is 6.46. The lowest BCUT2D eigenvalue weighted by Crippen LogP contribution is -2.28. The Morgan fingerprint density at radius 3 is 2.80 bits per heavy atom. The third-order valence-corrected chi connectivity index (χ3v) is 3.25. The van der Waals surface area contributed by atoms with Crippen LogP contribution < -0.4 is 5.32 Å². The number of pyridine rings is 1. The van der Waals surface area contributed by atoms with Crippen LogP contribution in [-0.2, 0) is 4.74 Å². The second-order valence-corrected chi connectivity index (χ2v) is 4.95. The maximum atomic E-state index is 12.9. The first-order chi connectivity index (χ1) is 9.67. The molecule has 0 saturated carbocycles. The van der Waals surface area contributed by atoms with Gasteiger partial charge in [-0.05, 0) is 45.1 Å². The molecule has 1 N–H and O–H groups in total. The summed E-state index contributed by atoms with van der Waals surface area (Å²) in [6, 6.07) is 3.40. The lowest BCUT2D eigenvalue weighted by atomic mass is 10.1. The summed E-state index contributed by atoms with van der Waals surface area (Å²) in [5, 5.41) is 3.40. The first-order valence-corrected chi connectivity index (χ1v) is 7.19. The van der Waals surface area contributed by atoms with E-state index in [4.69, 9.17) is 4.74 Å². The maximum absolute atomic E-state index is 12.9. The molecule has 0 bridgehead atoms. The maximum Gasteiger partial charge on any atom is 0.141 e. The topological polar surface area (TPSA) is 37.4 Å². The summed E-state index contributed by atoms with van der Waals surface area (Å²) < 4.78 is 18.0. The van der Waals surface area contributed by atoms with E-state index in [1.54, 1.807) is 13.2 Å². The fourth-order valence-corrected chi connectivity index (χ4v) is 2.13. The molecular formula is C15H26FN3O. The molecule has 0 amide bonds. The molecule has 0 aliphatic heterocycles. The fraction of sp³-hybridized carbons (Fsp3) is 0.667. The van der Waals surface area contributed by atoms with Gasteiger partial charge in [-0.15, -0.1) is 0 Å². The van der Waals surface area contributed by atoms with Gasteiger partial charge in [0.15, 0.2) is 0 Å². The molecule has 1 atom stereocenters. The van der Waals surface area contributed by atoms with Gasteiger partial charge in [0.1, 0.15) is 5.82 Å². The number of methoxy groups -OCH3 is 1. The molecule has 0 spiro atoms. The van der Waals surface area contributed by atoms with E-state index in [9.17, 15) is 4.39 Å². The van der Waals surface area contributed by atoms with Crippen LogP contribution in [0.4, 0.5) is 4.39 Å². The van der Waals surface area contributed by atoms with E-state index in [-0.39, 0.29) is 11.9 Å². The van der Waals surface area contributed by atoms with Gasteiger partial charge in [0.05, 0.1) is 17.9 Å². The summed E-state index contributed by atoms with van der Waals surface area (Å²) in [5.41, 5.74) is 0.901. The highest BCUT2D eigenvalue weighted by Crippen LogP contribution is 2.15. The molecule has 1 aromatic heterocycles. The highest BCUT2D eigenvalue weighted by Gasteiger charge is 2.12. The molecular weight excluding hydrogens is 257 g/mol. The van der Waals surface area contributed by atoms with Crippen LogP contribution in [0.15, 0.2) is 18.3 Å². The van der Waals surface area contributed by atoms with E-state index < -0.39 is 0 Å². The van der Waals surface area contributed by atoms with Gasteiger partial charge in [-0.2, -0.15) is 0 Å². The van der Waals surface area contributed by atoms with Gasteiger partial charge in [-0.3, -0.25) is 4.98 Å². The molecule has 0 radical (unpaired) electrons. The normalized spacial score (nSPS) is 12.8. The van der Waals surface area contributed by atoms with E-state index >= 15 is 0 Å². The van der Waals surface area contributed by atoms with Gasteiger partial charge in [-0.1, -0.05) is 6.92 Å². The molecule has 1 unspecified atom stereocenters. The van der Waals surface area contributed by atoms with Crippen LogP contribution in [0.5, 0.6) is 0 Å². The number of ether oxygens (including phenoxy) is 1. The third kappa shape index (κ3) is 6.41. The number of aromatic nitrogens is 1. The number of nitrogens with one attached hydrogen (secondary N) is 1. The van der Waals surface area contributed by atoms with Crippen LogP contribution in [0.25, 0.3) is 0 Å². The van der Waals surface area contributed by atoms with Crippen molar-refractivity contribution in [3.8, 4) is 0 Å². The smallest absolute Gasteiger partial charge is 0.141 e. The predicted molar refractivity (Wildman–Crippen MR) is 79.2 cm³/mol. The molecule has 1 aromatic rings. The Morgan fingerprint density at radius 1 is 1.40 bits per heavy atom. The Hall–Kier alpha value is -1.04. The van der Waals surface area contributed by atoms with Crippen molar-refractivity contribution < 1.29 is 9.13 Å². The monoisotopic (exact) mass is 283 g/mol. The van der Waals surface area contributed by atoms with E-state index in [0.29, 0.717) is 0 Å². The minimum atomic E-state index is -0.291. The predicted octanol–water partition coefficient (Wildman–Crippen LogP) is 2.23. The minimum absolute atomic E-state index is 0.172. The zero-order valence-corrected chi connectivity index (χ0v) is 12.7. The van der Waals surface area contributed by atoms with Crippen molar-refractivity contribution in [2.45, 2.75) is 25.8 Å². The Balaban J connectivity index is 2.44. The zero-order valence-electron chi connectivity index (χ0n) is 12.7. The number of rotatable bonds is 10. The van der Waals surface area contributed by atoms with Crippen molar-refractivity contribution in [3.63, 3.8) is 0 Å². The van der Waals surface area contributed by atoms with E-state index in [2.05, 4.69) is 29.2 Å². The first-order valence-electron chi connectivity index (χ1n) is 7.19. The van der Waals surface area contributed by atoms with Gasteiger partial charge >= 0.3 is 0 Å². The molecule has 114 valence electrons. The van der Waals surface area contributed by atoms with Crippen molar-refractivity contribution in [2.24, 2.45) is 0 Å². The molecule has 1 heterocycles. The van der Waals surface area contributed by atoms with Gasteiger partial charge in [-0.25, -0.2) is 4.39 Å². The summed E-state index contributed by atoms with van der Waals surface area (Å²) >= 11 is 0. The van der Waals surface area contributed by atoms with E-state index in [1.807, 2.05) is 0 Å². The Kier molecular flexibility index (Phi) is 8.34. The van der Waals surface area contributed by atoms with Crippen molar-refractivity contribution in [1.29, 1.82) is 0 Å². The van der Waals surface area contributed by atoms with E-state index in [1.165, 1.54) is 12.3 Å². The van der Waals surface area contributed by atoms with Crippen molar-refractivity contribution >= 4 is 0 Å². The molecule has 0 aliphatic carbocycles. The van der Waals surface area contributed by atoms with Gasteiger partial charge < -0.3 is 15.0 Å². The number of halogens is 1. The van der Waals surface area contributed by atoms with Gasteiger partial charge in [0, 0.05) is 20.3 Å². The number of hydrogen-bond acceptors (Lipinski definition) is 4. The third-order valence-electron chi connectivity index (χ3n) is 3.25. The summed E-state index contributed by atoms with van der Waals surface area (Å²) in [5.74, 6) is -0.291. The molecule has 1 rings (SSSR count). The highest BCUT2D eigenvalue weighted by molar-refractivity contribution is 5.09. The standard InChI is InChI=1S/C15H26FN3O/c1-4-17-15(14-7-6-13(16)12-18-14)8-10-19(2)9-5-11-20-3/h6-7,12,15,17H,4-5,8-11H2,1-3H3. The SMILES string of the molecule is CCNC(CCN(C)CCCOC)c1ccc(F)cn1. The lowest BCUT2D eigenvalue weighted by Gasteiger charge is -2.22. The molecule has 0 aromatic carbocycles. The molecule has 20 heavy (non-hydrogen) atoms. The van der Waals surface area contributed by atoms with Crippen LogP contribution in [0.1, 0.15) is 31.5 Å². The van der Waals surface area contributed by atoms with Crippen LogP contribution >= 0.6 is 0 Å².